The average Bonchev–Trinajstić information content (AvgIpc) is 1.68. The molecular weight excluding hydrogens is 104 g/mol. The molecule has 4 heteroatoms. The lowest BCUT2D eigenvalue weighted by atomic mass is 11.8. The second-order valence-electron chi connectivity index (χ2n) is 0.724. The van der Waals surface area contributed by atoms with E-state index in [1.165, 1.54) is 0 Å². The van der Waals surface area contributed by atoms with E-state index in [4.69, 9.17) is 1.37 Å². The Bertz CT molecular complexity index is 116. The molecule has 0 aromatic carbocycles. The Balaban J connectivity index is 3.89. The molecule has 0 atom stereocenters. The van der Waals surface area contributed by atoms with Crippen LogP contribution in [0, 0.1) is 0 Å². The summed E-state index contributed by atoms with van der Waals surface area (Å²) in [4.78, 5) is 0. The van der Waals surface area contributed by atoms with E-state index in [9.17, 15) is 8.42 Å². The van der Waals surface area contributed by atoms with Crippen molar-refractivity contribution in [2.45, 2.75) is 0 Å². The van der Waals surface area contributed by atoms with Crippen molar-refractivity contribution in [3.8, 4) is 0 Å². The lowest BCUT2D eigenvalue weighted by Gasteiger charge is -1.84. The summed E-state index contributed by atoms with van der Waals surface area (Å²) in [7, 11) is -2.46. The fourth-order valence-corrected chi connectivity index (χ4v) is 0. The molecule has 0 spiro atoms. The molecule has 0 amide bonds. The lowest BCUT2D eigenvalue weighted by molar-refractivity contribution is 0.403. The Hall–Kier alpha value is -0.0900. The lowest BCUT2D eigenvalue weighted by Crippen LogP contribution is -1.95. The van der Waals surface area contributed by atoms with Gasteiger partial charge in [-0.05, 0) is 0 Å². The van der Waals surface area contributed by atoms with Gasteiger partial charge in [-0.3, -0.25) is 4.18 Å². The molecule has 0 N–H and O–H groups in total. The predicted molar refractivity (Wildman–Crippen MR) is 21.9 cm³/mol. The van der Waals surface area contributed by atoms with E-state index in [2.05, 4.69) is 4.18 Å². The molecule has 0 aliphatic rings. The quantitative estimate of drug-likeness (QED) is 0.432. The van der Waals surface area contributed by atoms with Crippen LogP contribution >= 0.6 is 0 Å². The van der Waals surface area contributed by atoms with Gasteiger partial charge >= 0.3 is 0 Å². The van der Waals surface area contributed by atoms with Crippen molar-refractivity contribution in [3.05, 3.63) is 0 Å². The highest BCUT2D eigenvalue weighted by atomic mass is 32.2. The summed E-state index contributed by atoms with van der Waals surface area (Å²) in [5.74, 6) is 0. The van der Waals surface area contributed by atoms with Gasteiger partial charge in [0.05, 0.1) is 13.3 Å². The van der Waals surface area contributed by atoms with Gasteiger partial charge < -0.3 is 0 Å². The molecule has 0 unspecified atom stereocenters. The van der Waals surface area contributed by atoms with Crippen molar-refractivity contribution in [3.63, 3.8) is 0 Å². The van der Waals surface area contributed by atoms with Crippen LogP contribution < -0.4 is 0 Å². The minimum atomic E-state index is -3.49. The number of hydrogen-bond acceptors (Lipinski definition) is 3. The maximum atomic E-state index is 9.96. The molecule has 0 saturated carbocycles. The van der Waals surface area contributed by atoms with Crippen LogP contribution in [0.15, 0.2) is 0 Å². The van der Waals surface area contributed by atoms with Gasteiger partial charge in [0.25, 0.3) is 10.1 Å². The van der Waals surface area contributed by atoms with Crippen LogP contribution in [0.5, 0.6) is 0 Å². The van der Waals surface area contributed by atoms with Gasteiger partial charge in [-0.25, -0.2) is 0 Å². The van der Waals surface area contributed by atoms with Crippen LogP contribution in [0.4, 0.5) is 0 Å². The average molecular weight is 111 g/mol. The van der Waals surface area contributed by atoms with Crippen LogP contribution in [0.3, 0.4) is 0 Å². The summed E-state index contributed by atoms with van der Waals surface area (Å²) < 4.78 is 30.1. The van der Waals surface area contributed by atoms with Crippen molar-refractivity contribution >= 4 is 10.1 Å². The van der Waals surface area contributed by atoms with Crippen LogP contribution in [-0.4, -0.2) is 21.8 Å². The van der Waals surface area contributed by atoms with Crippen molar-refractivity contribution in [1.82, 2.24) is 0 Å². The molecule has 0 aromatic rings. The SMILES string of the molecule is [2H]CS(=O)(=O)OC. The molecule has 6 heavy (non-hydrogen) atoms. The van der Waals surface area contributed by atoms with Gasteiger partial charge in [-0.15, -0.1) is 0 Å². The first kappa shape index (κ1) is 4.08. The summed E-state index contributed by atoms with van der Waals surface area (Å²) in [5, 5.41) is 0. The third kappa shape index (κ3) is 3.91. The fraction of sp³-hybridized carbons (Fsp3) is 1.00. The first-order valence-corrected chi connectivity index (χ1v) is 2.77. The standard InChI is InChI=1S/C2H6O3S/c1-5-6(2,3)4/h1-2H3/i2D. The molecule has 0 aliphatic carbocycles. The van der Waals surface area contributed by atoms with Gasteiger partial charge in [-0.2, -0.15) is 8.42 Å². The highest BCUT2D eigenvalue weighted by molar-refractivity contribution is 7.85. The number of hydrogen-bond donors (Lipinski definition) is 0. The zero-order chi connectivity index (χ0) is 5.91. The molecule has 0 bridgehead atoms. The maximum absolute atomic E-state index is 9.96. The minimum Gasteiger partial charge on any atom is -0.274 e. The van der Waals surface area contributed by atoms with Crippen molar-refractivity contribution < 1.29 is 14.0 Å². The summed E-state index contributed by atoms with van der Waals surface area (Å²) in [6.07, 6.45) is -0.705. The van der Waals surface area contributed by atoms with Crippen molar-refractivity contribution in [2.75, 3.05) is 13.3 Å². The molecule has 0 heterocycles. The van der Waals surface area contributed by atoms with Crippen molar-refractivity contribution in [2.24, 2.45) is 0 Å². The summed E-state index contributed by atoms with van der Waals surface area (Å²) in [5.41, 5.74) is 0. The number of rotatable bonds is 1. The summed E-state index contributed by atoms with van der Waals surface area (Å²) in [6, 6.07) is 0. The van der Waals surface area contributed by atoms with Gasteiger partial charge in [0.2, 0.25) is 0 Å². The van der Waals surface area contributed by atoms with Crippen LogP contribution in [0.1, 0.15) is 1.37 Å². The first-order valence-electron chi connectivity index (χ1n) is 1.90. The van der Waals surface area contributed by atoms with E-state index >= 15 is 0 Å². The summed E-state index contributed by atoms with van der Waals surface area (Å²) >= 11 is 0. The topological polar surface area (TPSA) is 43.4 Å². The predicted octanol–water partition coefficient (Wildman–Crippen LogP) is -0.408. The van der Waals surface area contributed by atoms with Gasteiger partial charge in [0.15, 0.2) is 0 Å². The maximum Gasteiger partial charge on any atom is 0.264 e. The van der Waals surface area contributed by atoms with E-state index in [1.807, 2.05) is 0 Å². The highest BCUT2D eigenvalue weighted by Gasteiger charge is 1.90. The normalized spacial score (nSPS) is 13.8. The molecule has 0 saturated heterocycles. The second-order valence-corrected chi connectivity index (χ2v) is 2.17. The Morgan fingerprint density at radius 1 is 1.83 bits per heavy atom. The second kappa shape index (κ2) is 1.57. The molecular formula is C2H6O3S. The van der Waals surface area contributed by atoms with E-state index in [0.29, 0.717) is 0 Å². The Morgan fingerprint density at radius 3 is 2.33 bits per heavy atom. The fourth-order valence-electron chi connectivity index (χ4n) is 0. The minimum absolute atomic E-state index is 0.705. The Kier molecular flexibility index (Phi) is 1.07. The summed E-state index contributed by atoms with van der Waals surface area (Å²) in [6.45, 7) is 0. The largest absolute Gasteiger partial charge is 0.274 e. The van der Waals surface area contributed by atoms with E-state index < -0.39 is 16.3 Å². The first-order chi connectivity index (χ1) is 3.12. The molecule has 3 nitrogen and oxygen atoms in total. The zero-order valence-electron chi connectivity index (χ0n) is 4.34. The smallest absolute Gasteiger partial charge is 0.264 e. The molecule has 0 radical (unpaired) electrons. The molecule has 0 aromatic heterocycles. The van der Waals surface area contributed by atoms with Gasteiger partial charge in [0.1, 0.15) is 0 Å². The van der Waals surface area contributed by atoms with Gasteiger partial charge in [0, 0.05) is 1.37 Å². The molecule has 0 aliphatic heterocycles. The van der Waals surface area contributed by atoms with Gasteiger partial charge in [-0.1, -0.05) is 0 Å². The zero-order valence-corrected chi connectivity index (χ0v) is 4.16. The third-order valence-corrected chi connectivity index (χ3v) is 0.762. The van der Waals surface area contributed by atoms with E-state index in [-0.39, 0.29) is 0 Å². The highest BCUT2D eigenvalue weighted by Crippen LogP contribution is 1.75. The van der Waals surface area contributed by atoms with Crippen molar-refractivity contribution in [1.29, 1.82) is 0 Å². The molecule has 0 fully saturated rings. The monoisotopic (exact) mass is 111 g/mol. The van der Waals surface area contributed by atoms with Crippen LogP contribution in [-0.2, 0) is 14.3 Å². The third-order valence-electron chi connectivity index (χ3n) is 0.254. The molecule has 38 valence electrons. The van der Waals surface area contributed by atoms with E-state index in [0.717, 1.165) is 7.11 Å². The van der Waals surface area contributed by atoms with E-state index in [1.54, 1.807) is 0 Å². The van der Waals surface area contributed by atoms with Crippen LogP contribution in [0.2, 0.25) is 0 Å². The Morgan fingerprint density at radius 2 is 2.33 bits per heavy atom. The Labute approximate surface area is 38.5 Å². The molecule has 0 rings (SSSR count). The van der Waals surface area contributed by atoms with Crippen LogP contribution in [0.25, 0.3) is 0 Å².